The molecule has 0 fully saturated rings. The van der Waals surface area contributed by atoms with Gasteiger partial charge in [0.25, 0.3) is 0 Å². The third kappa shape index (κ3) is 2.31. The number of carbonyl (C=O) groups excluding carboxylic acids is 1. The van der Waals surface area contributed by atoms with Crippen LogP contribution in [0.1, 0.15) is 22.0 Å². The molecule has 0 aliphatic carbocycles. The minimum atomic E-state index is -1.50. The molecule has 1 aliphatic rings. The number of aliphatic hydroxyl groups excluding tert-OH is 1. The molecule has 7 heteroatoms. The zero-order valence-electron chi connectivity index (χ0n) is 12.1. The molecule has 3 rings (SSSR count). The number of Topliss-reactive ketones (excluding diaryl/α,β-unsaturated/α-hetero) is 1. The zero-order chi connectivity index (χ0) is 16.7. The van der Waals surface area contributed by atoms with Crippen molar-refractivity contribution in [1.29, 1.82) is 0 Å². The number of benzene rings is 2. The summed E-state index contributed by atoms with van der Waals surface area (Å²) in [6, 6.07) is 6.44. The molecule has 0 radical (unpaired) electrons. The summed E-state index contributed by atoms with van der Waals surface area (Å²) < 4.78 is 10.7. The molecule has 4 N–H and O–H groups in total. The second-order valence-electron chi connectivity index (χ2n) is 5.09. The first-order valence-corrected chi connectivity index (χ1v) is 6.74. The lowest BCUT2D eigenvalue weighted by Gasteiger charge is -2.30. The van der Waals surface area contributed by atoms with Crippen molar-refractivity contribution in [1.82, 2.24) is 0 Å². The molecule has 0 aromatic heterocycles. The first kappa shape index (κ1) is 15.0. The molecule has 2 unspecified atom stereocenters. The Balaban J connectivity index is 2.11. The van der Waals surface area contributed by atoms with Crippen molar-refractivity contribution in [3.05, 3.63) is 41.5 Å². The SMILES string of the molecule is COc1c(O)ccc2c1OC(c1ccc(O)c(O)c1)C(O)C2=O. The van der Waals surface area contributed by atoms with Gasteiger partial charge in [-0.15, -0.1) is 0 Å². The number of phenols is 3. The van der Waals surface area contributed by atoms with Crippen LogP contribution in [0.5, 0.6) is 28.7 Å². The summed E-state index contributed by atoms with van der Waals surface area (Å²) in [6.07, 6.45) is -2.61. The minimum absolute atomic E-state index is 0.0142. The van der Waals surface area contributed by atoms with Crippen molar-refractivity contribution < 1.29 is 34.7 Å². The monoisotopic (exact) mass is 318 g/mol. The fourth-order valence-electron chi connectivity index (χ4n) is 2.52. The highest BCUT2D eigenvalue weighted by Gasteiger charge is 2.39. The van der Waals surface area contributed by atoms with Gasteiger partial charge in [0, 0.05) is 0 Å². The van der Waals surface area contributed by atoms with Crippen LogP contribution in [0.15, 0.2) is 30.3 Å². The number of aromatic hydroxyl groups is 3. The average Bonchev–Trinajstić information content (AvgIpc) is 2.53. The lowest BCUT2D eigenvalue weighted by Crippen LogP contribution is -2.36. The summed E-state index contributed by atoms with van der Waals surface area (Å²) in [7, 11) is 1.32. The summed E-state index contributed by atoms with van der Waals surface area (Å²) >= 11 is 0. The molecule has 0 amide bonds. The number of aliphatic hydroxyl groups is 1. The molecule has 0 saturated carbocycles. The van der Waals surface area contributed by atoms with Crippen molar-refractivity contribution >= 4 is 5.78 Å². The van der Waals surface area contributed by atoms with E-state index >= 15 is 0 Å². The van der Waals surface area contributed by atoms with E-state index in [-0.39, 0.29) is 34.1 Å². The molecule has 0 bridgehead atoms. The van der Waals surface area contributed by atoms with Crippen molar-refractivity contribution in [2.24, 2.45) is 0 Å². The lowest BCUT2D eigenvalue weighted by atomic mass is 9.93. The molecular weight excluding hydrogens is 304 g/mol. The molecule has 2 aromatic rings. The van der Waals surface area contributed by atoms with Crippen LogP contribution in [0, 0.1) is 0 Å². The van der Waals surface area contributed by atoms with E-state index in [4.69, 9.17) is 9.47 Å². The zero-order valence-corrected chi connectivity index (χ0v) is 12.1. The third-order valence-corrected chi connectivity index (χ3v) is 3.69. The maximum atomic E-state index is 12.4. The van der Waals surface area contributed by atoms with Gasteiger partial charge in [0.05, 0.1) is 12.7 Å². The van der Waals surface area contributed by atoms with Crippen LogP contribution >= 0.6 is 0 Å². The highest BCUT2D eigenvalue weighted by molar-refractivity contribution is 6.04. The van der Waals surface area contributed by atoms with Gasteiger partial charge in [-0.1, -0.05) is 6.07 Å². The van der Waals surface area contributed by atoms with Crippen LogP contribution in [-0.2, 0) is 0 Å². The van der Waals surface area contributed by atoms with Gasteiger partial charge in [-0.25, -0.2) is 0 Å². The Kier molecular flexibility index (Phi) is 3.49. The molecule has 120 valence electrons. The van der Waals surface area contributed by atoms with E-state index < -0.39 is 23.7 Å². The second kappa shape index (κ2) is 5.36. The van der Waals surface area contributed by atoms with E-state index in [0.29, 0.717) is 0 Å². The van der Waals surface area contributed by atoms with E-state index in [1.165, 1.54) is 37.4 Å². The number of fused-ring (bicyclic) bond motifs is 1. The van der Waals surface area contributed by atoms with Gasteiger partial charge in [0.1, 0.15) is 0 Å². The van der Waals surface area contributed by atoms with Gasteiger partial charge in [-0.05, 0) is 29.8 Å². The number of ketones is 1. The predicted molar refractivity (Wildman–Crippen MR) is 78.1 cm³/mol. The number of methoxy groups -OCH3 is 1. The Bertz CT molecular complexity index is 784. The number of phenolic OH excluding ortho intramolecular Hbond substituents is 3. The topological polar surface area (TPSA) is 116 Å². The molecule has 2 aromatic carbocycles. The van der Waals surface area contributed by atoms with Crippen molar-refractivity contribution in [2.75, 3.05) is 7.11 Å². The van der Waals surface area contributed by atoms with Crippen LogP contribution in [0.3, 0.4) is 0 Å². The lowest BCUT2D eigenvalue weighted by molar-refractivity contribution is 0.0202. The van der Waals surface area contributed by atoms with Gasteiger partial charge in [0.15, 0.2) is 41.0 Å². The van der Waals surface area contributed by atoms with Crippen molar-refractivity contribution in [2.45, 2.75) is 12.2 Å². The van der Waals surface area contributed by atoms with E-state index in [0.717, 1.165) is 0 Å². The van der Waals surface area contributed by atoms with Crippen LogP contribution in [-0.4, -0.2) is 39.4 Å². The average molecular weight is 318 g/mol. The summed E-state index contributed by atoms with van der Waals surface area (Å²) in [6.45, 7) is 0. The molecule has 1 aliphatic heterocycles. The number of hydrogen-bond donors (Lipinski definition) is 4. The van der Waals surface area contributed by atoms with E-state index in [1.807, 2.05) is 0 Å². The van der Waals surface area contributed by atoms with Gasteiger partial charge < -0.3 is 29.9 Å². The Morgan fingerprint density at radius 1 is 1.04 bits per heavy atom. The van der Waals surface area contributed by atoms with Gasteiger partial charge in [0.2, 0.25) is 5.75 Å². The van der Waals surface area contributed by atoms with Gasteiger partial charge in [-0.3, -0.25) is 4.79 Å². The predicted octanol–water partition coefficient (Wildman–Crippen LogP) is 1.49. The molecule has 23 heavy (non-hydrogen) atoms. The highest BCUT2D eigenvalue weighted by Crippen LogP contribution is 2.46. The van der Waals surface area contributed by atoms with Crippen molar-refractivity contribution in [3.8, 4) is 28.7 Å². The van der Waals surface area contributed by atoms with Crippen molar-refractivity contribution in [3.63, 3.8) is 0 Å². The van der Waals surface area contributed by atoms with Crippen LogP contribution < -0.4 is 9.47 Å². The summed E-state index contributed by atoms with van der Waals surface area (Å²) in [5, 5.41) is 39.0. The Morgan fingerprint density at radius 3 is 2.39 bits per heavy atom. The smallest absolute Gasteiger partial charge is 0.203 e. The number of rotatable bonds is 2. The standard InChI is InChI=1S/C16H14O7/c1-22-16-10(18)5-3-8-12(20)13(21)14(23-15(8)16)7-2-4-9(17)11(19)6-7/h2-6,13-14,17-19,21H,1H3. The molecule has 1 heterocycles. The maximum absolute atomic E-state index is 12.4. The maximum Gasteiger partial charge on any atom is 0.203 e. The van der Waals surface area contributed by atoms with Crippen LogP contribution in [0.4, 0.5) is 0 Å². The number of hydrogen-bond acceptors (Lipinski definition) is 7. The Hall–Kier alpha value is -2.93. The fraction of sp³-hybridized carbons (Fsp3) is 0.188. The highest BCUT2D eigenvalue weighted by atomic mass is 16.5. The Labute approximate surface area is 131 Å². The third-order valence-electron chi connectivity index (χ3n) is 3.69. The molecule has 0 saturated heterocycles. The van der Waals surface area contributed by atoms with Crippen LogP contribution in [0.2, 0.25) is 0 Å². The summed E-state index contributed by atoms with van der Waals surface area (Å²) in [4.78, 5) is 12.4. The van der Waals surface area contributed by atoms with E-state index in [2.05, 4.69) is 0 Å². The largest absolute Gasteiger partial charge is 0.504 e. The second-order valence-corrected chi connectivity index (χ2v) is 5.09. The molecule has 2 atom stereocenters. The minimum Gasteiger partial charge on any atom is -0.504 e. The Morgan fingerprint density at radius 2 is 1.74 bits per heavy atom. The molecular formula is C16H14O7. The molecule has 7 nitrogen and oxygen atoms in total. The van der Waals surface area contributed by atoms with E-state index in [1.54, 1.807) is 0 Å². The normalized spacial score (nSPS) is 19.8. The van der Waals surface area contributed by atoms with Gasteiger partial charge >= 0.3 is 0 Å². The summed E-state index contributed by atoms with van der Waals surface area (Å²) in [5.41, 5.74) is 0.378. The first-order chi connectivity index (χ1) is 10.9. The van der Waals surface area contributed by atoms with Crippen LogP contribution in [0.25, 0.3) is 0 Å². The quantitative estimate of drug-likeness (QED) is 0.620. The number of ether oxygens (including phenoxy) is 2. The number of carbonyl (C=O) groups is 1. The first-order valence-electron chi connectivity index (χ1n) is 6.74. The summed E-state index contributed by atoms with van der Waals surface area (Å²) in [5.74, 6) is -1.54. The molecule has 0 spiro atoms. The van der Waals surface area contributed by atoms with Gasteiger partial charge in [-0.2, -0.15) is 0 Å². The van der Waals surface area contributed by atoms with E-state index in [9.17, 15) is 25.2 Å². The fourth-order valence-corrected chi connectivity index (χ4v) is 2.52.